The Morgan fingerprint density at radius 3 is 3.03 bits per heavy atom. The van der Waals surface area contributed by atoms with Crippen LogP contribution in [-0.4, -0.2) is 72.0 Å². The molecule has 5 atom stereocenters. The minimum absolute atomic E-state index is 0.151. The molecule has 1 amide bonds. The third-order valence-corrected chi connectivity index (χ3v) is 9.02. The van der Waals surface area contributed by atoms with Gasteiger partial charge in [-0.15, -0.1) is 0 Å². The van der Waals surface area contributed by atoms with Crippen molar-refractivity contribution in [1.82, 2.24) is 20.0 Å². The number of hydrogen-bond acceptors (Lipinski definition) is 8. The predicted octanol–water partition coefficient (Wildman–Crippen LogP) is 2.94. The van der Waals surface area contributed by atoms with Crippen molar-refractivity contribution in [3.05, 3.63) is 34.9 Å². The van der Waals surface area contributed by atoms with Crippen molar-refractivity contribution in [3.63, 3.8) is 0 Å². The number of hydrogen-bond donors (Lipinski definition) is 0. The van der Waals surface area contributed by atoms with Crippen molar-refractivity contribution in [2.24, 2.45) is 23.2 Å². The predicted molar refractivity (Wildman–Crippen MR) is 132 cm³/mol. The van der Waals surface area contributed by atoms with Gasteiger partial charge in [0.2, 0.25) is 5.91 Å². The van der Waals surface area contributed by atoms with Gasteiger partial charge in [0.05, 0.1) is 18.1 Å². The van der Waals surface area contributed by atoms with E-state index in [4.69, 9.17) is 14.0 Å². The monoisotopic (exact) mass is 495 g/mol. The zero-order valence-electron chi connectivity index (χ0n) is 21.6. The van der Waals surface area contributed by atoms with Gasteiger partial charge < -0.3 is 23.8 Å². The van der Waals surface area contributed by atoms with Crippen LogP contribution >= 0.6 is 0 Å². The Morgan fingerprint density at radius 1 is 1.33 bits per heavy atom. The van der Waals surface area contributed by atoms with Crippen LogP contribution in [0, 0.1) is 37.0 Å². The summed E-state index contributed by atoms with van der Waals surface area (Å²) < 4.78 is 16.9. The molecule has 3 fully saturated rings. The Kier molecular flexibility index (Phi) is 6.24. The Bertz CT molecular complexity index is 1120. The number of methoxy groups -OCH3 is 1. The van der Waals surface area contributed by atoms with Gasteiger partial charge >= 0.3 is 6.01 Å². The molecular weight excluding hydrogens is 458 g/mol. The standard InChI is InChI=1S/C27H37N5O4/c1-17-8-21-13-31(6-4-23(21)28-12-17)25(33)27-11-19(9-20-5-7-35-15-24(20)34-3)10-22(27)14-32(16-27)26-29-18(2)30-36-26/h8,12,19-20,22,24H,4-7,9-11,13-16H2,1-3H3/t19-,20?,22+,24?,27+/m1/s1. The van der Waals surface area contributed by atoms with Crippen molar-refractivity contribution in [2.45, 2.75) is 58.6 Å². The fourth-order valence-corrected chi connectivity index (χ4v) is 7.32. The van der Waals surface area contributed by atoms with Crippen LogP contribution in [0.2, 0.25) is 0 Å². The molecule has 2 aromatic rings. The van der Waals surface area contributed by atoms with Crippen molar-refractivity contribution < 1.29 is 18.8 Å². The van der Waals surface area contributed by atoms with Gasteiger partial charge in [-0.3, -0.25) is 9.78 Å². The molecule has 0 spiro atoms. The van der Waals surface area contributed by atoms with Crippen molar-refractivity contribution in [3.8, 4) is 0 Å². The summed E-state index contributed by atoms with van der Waals surface area (Å²) in [5.41, 5.74) is 3.03. The second-order valence-electron chi connectivity index (χ2n) is 11.4. The maximum absolute atomic E-state index is 14.4. The first-order chi connectivity index (χ1) is 17.4. The van der Waals surface area contributed by atoms with Gasteiger partial charge in [-0.1, -0.05) is 11.2 Å². The third-order valence-electron chi connectivity index (χ3n) is 9.02. The summed E-state index contributed by atoms with van der Waals surface area (Å²) in [6, 6.07) is 2.73. The number of anilines is 1. The highest BCUT2D eigenvalue weighted by molar-refractivity contribution is 5.85. The lowest BCUT2D eigenvalue weighted by atomic mass is 9.78. The molecule has 3 aliphatic heterocycles. The number of fused-ring (bicyclic) bond motifs is 2. The van der Waals surface area contributed by atoms with E-state index in [-0.39, 0.29) is 17.9 Å². The van der Waals surface area contributed by atoms with Gasteiger partial charge in [-0.25, -0.2) is 0 Å². The molecule has 0 N–H and O–H groups in total. The van der Waals surface area contributed by atoms with Crippen molar-refractivity contribution in [1.29, 1.82) is 0 Å². The van der Waals surface area contributed by atoms with Gasteiger partial charge in [0.15, 0.2) is 5.82 Å². The number of pyridine rings is 1. The van der Waals surface area contributed by atoms with Gasteiger partial charge in [0.1, 0.15) is 0 Å². The molecule has 2 unspecified atom stereocenters. The lowest BCUT2D eigenvalue weighted by Crippen LogP contribution is -2.48. The average Bonchev–Trinajstić information content (AvgIpc) is 3.56. The maximum atomic E-state index is 14.4. The smallest absolute Gasteiger partial charge is 0.324 e. The first kappa shape index (κ1) is 23.9. The van der Waals surface area contributed by atoms with Crippen molar-refractivity contribution >= 4 is 11.9 Å². The number of amides is 1. The third kappa shape index (κ3) is 4.20. The van der Waals surface area contributed by atoms with E-state index in [1.54, 1.807) is 7.11 Å². The van der Waals surface area contributed by atoms with E-state index in [9.17, 15) is 4.79 Å². The molecule has 1 aliphatic carbocycles. The molecule has 36 heavy (non-hydrogen) atoms. The number of aromatic nitrogens is 3. The minimum Gasteiger partial charge on any atom is -0.379 e. The number of rotatable bonds is 5. The molecule has 9 nitrogen and oxygen atoms in total. The van der Waals surface area contributed by atoms with E-state index >= 15 is 0 Å². The summed E-state index contributed by atoms with van der Waals surface area (Å²) in [6.07, 6.45) is 6.98. The highest BCUT2D eigenvalue weighted by Crippen LogP contribution is 2.55. The number of aryl methyl sites for hydroxylation is 2. The van der Waals surface area contributed by atoms with Crippen LogP contribution in [0.4, 0.5) is 6.01 Å². The topological polar surface area (TPSA) is 93.8 Å². The molecule has 2 saturated heterocycles. The van der Waals surface area contributed by atoms with E-state index < -0.39 is 5.41 Å². The van der Waals surface area contributed by atoms with E-state index in [2.05, 4.69) is 37.9 Å². The normalized spacial score (nSPS) is 32.0. The lowest BCUT2D eigenvalue weighted by molar-refractivity contribution is -0.143. The lowest BCUT2D eigenvalue weighted by Gasteiger charge is -2.37. The van der Waals surface area contributed by atoms with E-state index in [0.717, 1.165) is 63.1 Å². The maximum Gasteiger partial charge on any atom is 0.324 e. The number of nitrogens with zero attached hydrogens (tertiary/aromatic N) is 5. The largest absolute Gasteiger partial charge is 0.379 e. The highest BCUT2D eigenvalue weighted by Gasteiger charge is 2.59. The molecule has 0 radical (unpaired) electrons. The van der Waals surface area contributed by atoms with Crippen molar-refractivity contribution in [2.75, 3.05) is 44.9 Å². The highest BCUT2D eigenvalue weighted by atomic mass is 16.5. The van der Waals surface area contributed by atoms with Crippen LogP contribution in [0.15, 0.2) is 16.8 Å². The van der Waals surface area contributed by atoms with Gasteiger partial charge in [-0.05, 0) is 68.4 Å². The van der Waals surface area contributed by atoms with Crippen LogP contribution in [0.1, 0.15) is 48.3 Å². The summed E-state index contributed by atoms with van der Waals surface area (Å²) >= 11 is 0. The molecule has 0 bridgehead atoms. The average molecular weight is 496 g/mol. The van der Waals surface area contributed by atoms with Crippen LogP contribution < -0.4 is 4.90 Å². The molecule has 0 aromatic carbocycles. The zero-order valence-corrected chi connectivity index (χ0v) is 21.6. The quantitative estimate of drug-likeness (QED) is 0.625. The van der Waals surface area contributed by atoms with Gasteiger partial charge in [-0.2, -0.15) is 4.98 Å². The second kappa shape index (κ2) is 9.41. The summed E-state index contributed by atoms with van der Waals surface area (Å²) in [6.45, 7) is 8.18. The summed E-state index contributed by atoms with van der Waals surface area (Å²) in [5, 5.41) is 4.00. The first-order valence-electron chi connectivity index (χ1n) is 13.3. The molecule has 2 aromatic heterocycles. The summed E-state index contributed by atoms with van der Waals surface area (Å²) in [7, 11) is 1.79. The summed E-state index contributed by atoms with van der Waals surface area (Å²) in [4.78, 5) is 27.8. The Balaban J connectivity index is 1.25. The Hall–Kier alpha value is -2.52. The first-order valence-corrected chi connectivity index (χ1v) is 13.3. The minimum atomic E-state index is -0.421. The van der Waals surface area contributed by atoms with Crippen LogP contribution in [0.5, 0.6) is 0 Å². The summed E-state index contributed by atoms with van der Waals surface area (Å²) in [5.74, 6) is 2.19. The van der Waals surface area contributed by atoms with Gasteiger partial charge in [0.25, 0.3) is 0 Å². The number of carbonyl (C=O) groups excluding carboxylic acids is 1. The number of carbonyl (C=O) groups is 1. The van der Waals surface area contributed by atoms with Crippen LogP contribution in [0.3, 0.4) is 0 Å². The number of ether oxygens (including phenoxy) is 2. The second-order valence-corrected chi connectivity index (χ2v) is 11.4. The van der Waals surface area contributed by atoms with E-state index in [1.165, 1.54) is 5.56 Å². The SMILES string of the molecule is COC1COCCC1C[C@@H]1C[C@H]2CN(c3nc(C)no3)C[C@@]2(C(=O)N2CCc3ncc(C)cc3C2)C1. The fraction of sp³-hybridized carbons (Fsp3) is 0.704. The molecule has 194 valence electrons. The Labute approximate surface area is 212 Å². The van der Waals surface area contributed by atoms with Gasteiger partial charge in [0, 0.05) is 58.2 Å². The van der Waals surface area contributed by atoms with E-state index in [0.29, 0.717) is 43.4 Å². The fourth-order valence-electron chi connectivity index (χ4n) is 7.32. The molecule has 9 heteroatoms. The molecular formula is C27H37N5O4. The molecule has 5 heterocycles. The van der Waals surface area contributed by atoms with Crippen LogP contribution in [0.25, 0.3) is 0 Å². The molecule has 1 saturated carbocycles. The molecule has 6 rings (SSSR count). The zero-order chi connectivity index (χ0) is 24.9. The molecule has 4 aliphatic rings. The van der Waals surface area contributed by atoms with Crippen LogP contribution in [-0.2, 0) is 27.2 Å². The Morgan fingerprint density at radius 2 is 2.22 bits per heavy atom. The van der Waals surface area contributed by atoms with E-state index in [1.807, 2.05) is 13.1 Å².